The Bertz CT molecular complexity index is 841. The molecule has 2 aromatic carbocycles. The Kier molecular flexibility index (Phi) is 5.21. The number of carbonyl (C=O) groups excluding carboxylic acids is 1. The molecule has 1 aromatic heterocycles. The summed E-state index contributed by atoms with van der Waals surface area (Å²) in [5.74, 6) is -0.297. The van der Waals surface area contributed by atoms with Gasteiger partial charge in [0.15, 0.2) is 0 Å². The first kappa shape index (κ1) is 17.4. The third kappa shape index (κ3) is 3.95. The highest BCUT2D eigenvalue weighted by atomic mass is 35.6. The highest BCUT2D eigenvalue weighted by Gasteiger charge is 2.34. The number of anilines is 1. The highest BCUT2D eigenvalue weighted by molar-refractivity contribution is 7.12. The van der Waals surface area contributed by atoms with Crippen LogP contribution < -0.4 is 10.6 Å². The van der Waals surface area contributed by atoms with Gasteiger partial charge < -0.3 is 10.6 Å². The molecule has 7 heteroatoms. The van der Waals surface area contributed by atoms with E-state index in [2.05, 4.69) is 10.6 Å². The number of alkyl halides is 3. The summed E-state index contributed by atoms with van der Waals surface area (Å²) in [4.78, 5) is 12.9. The Morgan fingerprint density at radius 3 is 2.46 bits per heavy atom. The number of amides is 1. The molecule has 1 atom stereocenters. The maximum Gasteiger partial charge on any atom is 0.263 e. The summed E-state index contributed by atoms with van der Waals surface area (Å²) in [6.45, 7) is 0. The number of fused-ring (bicyclic) bond motifs is 1. The molecular formula is C17H13Cl3N2OS. The van der Waals surface area contributed by atoms with Crippen LogP contribution in [0.2, 0.25) is 0 Å². The van der Waals surface area contributed by atoms with Crippen LogP contribution >= 0.6 is 46.1 Å². The first-order chi connectivity index (χ1) is 11.4. The van der Waals surface area contributed by atoms with E-state index in [1.807, 2.05) is 47.8 Å². The standard InChI is InChI=1S/C17H13Cl3N2OS/c18-17(19,20)16(22-15(23)14-9-4-10-24-14)21-13-8-3-6-11-5-1-2-7-12(11)13/h1-10,16,21H,(H,22,23)/t16-/m0/s1. The summed E-state index contributed by atoms with van der Waals surface area (Å²) in [5, 5.41) is 9.71. The number of thiophene rings is 1. The quantitative estimate of drug-likeness (QED) is 0.453. The lowest BCUT2D eigenvalue weighted by atomic mass is 10.1. The molecule has 0 saturated heterocycles. The molecule has 0 aliphatic carbocycles. The summed E-state index contributed by atoms with van der Waals surface area (Å²) in [6.07, 6.45) is -0.886. The molecule has 0 saturated carbocycles. The van der Waals surface area contributed by atoms with Gasteiger partial charge in [-0.05, 0) is 22.9 Å². The monoisotopic (exact) mass is 398 g/mol. The van der Waals surface area contributed by atoms with E-state index in [4.69, 9.17) is 34.8 Å². The van der Waals surface area contributed by atoms with Gasteiger partial charge in [0.25, 0.3) is 5.91 Å². The Morgan fingerprint density at radius 2 is 1.75 bits per heavy atom. The van der Waals surface area contributed by atoms with Crippen molar-refractivity contribution < 1.29 is 4.79 Å². The summed E-state index contributed by atoms with van der Waals surface area (Å²) in [7, 11) is 0. The summed E-state index contributed by atoms with van der Waals surface area (Å²) in [6, 6.07) is 17.1. The Morgan fingerprint density at radius 1 is 1.00 bits per heavy atom. The van der Waals surface area contributed by atoms with Gasteiger partial charge in [-0.1, -0.05) is 77.3 Å². The predicted octanol–water partition coefficient (Wildman–Crippen LogP) is 5.44. The van der Waals surface area contributed by atoms with Crippen molar-refractivity contribution in [2.45, 2.75) is 9.96 Å². The zero-order valence-corrected chi connectivity index (χ0v) is 15.4. The number of halogens is 3. The van der Waals surface area contributed by atoms with E-state index in [-0.39, 0.29) is 5.91 Å². The lowest BCUT2D eigenvalue weighted by Gasteiger charge is -2.27. The van der Waals surface area contributed by atoms with Crippen LogP contribution in [0.5, 0.6) is 0 Å². The molecule has 3 rings (SSSR count). The molecule has 0 fully saturated rings. The van der Waals surface area contributed by atoms with Gasteiger partial charge in [-0.3, -0.25) is 4.79 Å². The van der Waals surface area contributed by atoms with Crippen LogP contribution in [0, 0.1) is 0 Å². The smallest absolute Gasteiger partial charge is 0.263 e. The van der Waals surface area contributed by atoms with Crippen molar-refractivity contribution in [1.29, 1.82) is 0 Å². The molecule has 2 N–H and O–H groups in total. The van der Waals surface area contributed by atoms with Crippen molar-refractivity contribution >= 4 is 68.5 Å². The Labute approximate surface area is 158 Å². The first-order valence-corrected chi connectivity index (χ1v) is 9.12. The van der Waals surface area contributed by atoms with Crippen molar-refractivity contribution in [1.82, 2.24) is 5.32 Å². The summed E-state index contributed by atoms with van der Waals surface area (Å²) < 4.78 is -1.72. The number of rotatable bonds is 4. The second-order valence-corrected chi connectivity index (χ2v) is 8.41. The zero-order valence-electron chi connectivity index (χ0n) is 12.3. The van der Waals surface area contributed by atoms with E-state index in [0.29, 0.717) is 4.88 Å². The topological polar surface area (TPSA) is 41.1 Å². The minimum atomic E-state index is -1.72. The van der Waals surface area contributed by atoms with Crippen LogP contribution in [0.15, 0.2) is 60.0 Å². The molecule has 0 aliphatic heterocycles. The van der Waals surface area contributed by atoms with Crippen molar-refractivity contribution in [3.63, 3.8) is 0 Å². The molecule has 0 radical (unpaired) electrons. The molecule has 24 heavy (non-hydrogen) atoms. The molecule has 0 bridgehead atoms. The second kappa shape index (κ2) is 7.19. The van der Waals surface area contributed by atoms with Gasteiger partial charge in [-0.25, -0.2) is 0 Å². The maximum absolute atomic E-state index is 12.3. The minimum Gasteiger partial charge on any atom is -0.361 e. The van der Waals surface area contributed by atoms with Crippen molar-refractivity contribution in [3.8, 4) is 0 Å². The average Bonchev–Trinajstić information content (AvgIpc) is 3.08. The van der Waals surface area contributed by atoms with Gasteiger partial charge in [0, 0.05) is 11.1 Å². The van der Waals surface area contributed by atoms with Crippen molar-refractivity contribution in [2.75, 3.05) is 5.32 Å². The normalized spacial score (nSPS) is 12.8. The summed E-state index contributed by atoms with van der Waals surface area (Å²) in [5.41, 5.74) is 0.774. The van der Waals surface area contributed by atoms with E-state index >= 15 is 0 Å². The predicted molar refractivity (Wildman–Crippen MR) is 103 cm³/mol. The Balaban J connectivity index is 1.88. The van der Waals surface area contributed by atoms with Crippen LogP contribution in [0.3, 0.4) is 0 Å². The zero-order chi connectivity index (χ0) is 17.2. The molecule has 0 spiro atoms. The van der Waals surface area contributed by atoms with E-state index in [1.165, 1.54) is 11.3 Å². The molecule has 1 amide bonds. The van der Waals surface area contributed by atoms with Gasteiger partial charge in [0.05, 0.1) is 4.88 Å². The van der Waals surface area contributed by atoms with Gasteiger partial charge in [-0.2, -0.15) is 0 Å². The van der Waals surface area contributed by atoms with Crippen LogP contribution in [0.1, 0.15) is 9.67 Å². The number of nitrogens with one attached hydrogen (secondary N) is 2. The van der Waals surface area contributed by atoms with Gasteiger partial charge in [0.2, 0.25) is 3.79 Å². The largest absolute Gasteiger partial charge is 0.361 e. The van der Waals surface area contributed by atoms with Crippen LogP contribution in [-0.2, 0) is 0 Å². The average molecular weight is 400 g/mol. The van der Waals surface area contributed by atoms with Gasteiger partial charge in [-0.15, -0.1) is 11.3 Å². The number of benzene rings is 2. The van der Waals surface area contributed by atoms with Crippen molar-refractivity contribution in [2.24, 2.45) is 0 Å². The lowest BCUT2D eigenvalue weighted by molar-refractivity contribution is 0.0946. The SMILES string of the molecule is O=C(N[C@H](Nc1cccc2ccccc12)C(Cl)(Cl)Cl)c1cccs1. The fourth-order valence-corrected chi connectivity index (χ4v) is 3.27. The number of carbonyl (C=O) groups is 1. The summed E-state index contributed by atoms with van der Waals surface area (Å²) >= 11 is 19.5. The molecule has 3 nitrogen and oxygen atoms in total. The van der Waals surface area contributed by atoms with Crippen LogP contribution in [-0.4, -0.2) is 15.9 Å². The van der Waals surface area contributed by atoms with E-state index in [9.17, 15) is 4.79 Å². The third-order valence-corrected chi connectivity index (χ3v) is 4.96. The lowest BCUT2D eigenvalue weighted by Crippen LogP contribution is -2.49. The molecule has 1 heterocycles. The number of hydrogen-bond donors (Lipinski definition) is 2. The molecule has 124 valence electrons. The van der Waals surface area contributed by atoms with Gasteiger partial charge in [0.1, 0.15) is 6.17 Å². The van der Waals surface area contributed by atoms with Crippen LogP contribution in [0.4, 0.5) is 5.69 Å². The molecule has 0 unspecified atom stereocenters. The molecular weight excluding hydrogens is 387 g/mol. The molecule has 3 aromatic rings. The van der Waals surface area contributed by atoms with Crippen LogP contribution in [0.25, 0.3) is 10.8 Å². The minimum absolute atomic E-state index is 0.297. The van der Waals surface area contributed by atoms with Crippen molar-refractivity contribution in [3.05, 3.63) is 64.9 Å². The second-order valence-electron chi connectivity index (χ2n) is 5.10. The van der Waals surface area contributed by atoms with E-state index in [1.54, 1.807) is 12.1 Å². The Hall–Kier alpha value is -1.46. The fraction of sp³-hybridized carbons (Fsp3) is 0.118. The maximum atomic E-state index is 12.3. The highest BCUT2D eigenvalue weighted by Crippen LogP contribution is 2.33. The number of hydrogen-bond acceptors (Lipinski definition) is 3. The van der Waals surface area contributed by atoms with Gasteiger partial charge >= 0.3 is 0 Å². The molecule has 0 aliphatic rings. The third-order valence-electron chi connectivity index (χ3n) is 3.44. The first-order valence-electron chi connectivity index (χ1n) is 7.10. The van der Waals surface area contributed by atoms with E-state index in [0.717, 1.165) is 16.5 Å². The fourth-order valence-electron chi connectivity index (χ4n) is 2.32. The van der Waals surface area contributed by atoms with E-state index < -0.39 is 9.96 Å².